The van der Waals surface area contributed by atoms with E-state index in [9.17, 15) is 27.4 Å². The molecule has 0 saturated heterocycles. The second kappa shape index (κ2) is 10.3. The highest BCUT2D eigenvalue weighted by Crippen LogP contribution is 2.50. The molecular formula is C29H22BCl2F4N3O4. The summed E-state index contributed by atoms with van der Waals surface area (Å²) in [6.45, 7) is 3.87. The molecular weight excluding hydrogens is 612 g/mol. The van der Waals surface area contributed by atoms with Crippen LogP contribution in [0.1, 0.15) is 53.0 Å². The molecule has 1 atom stereocenters. The molecule has 2 N–H and O–H groups in total. The Kier molecular flexibility index (Phi) is 7.04. The molecule has 14 heteroatoms. The first kappa shape index (κ1) is 29.5. The number of alkyl halides is 3. The zero-order valence-electron chi connectivity index (χ0n) is 22.6. The van der Waals surface area contributed by atoms with E-state index in [1.54, 1.807) is 24.4 Å². The van der Waals surface area contributed by atoms with Crippen LogP contribution in [0.5, 0.6) is 0 Å². The third-order valence-corrected chi connectivity index (χ3v) is 8.31. The van der Waals surface area contributed by atoms with Gasteiger partial charge in [-0.1, -0.05) is 46.6 Å². The van der Waals surface area contributed by atoms with Crippen LogP contribution < -0.4 is 10.8 Å². The Hall–Kier alpha value is -3.58. The van der Waals surface area contributed by atoms with Crippen molar-refractivity contribution >= 4 is 52.9 Å². The van der Waals surface area contributed by atoms with Crippen LogP contribution in [0.15, 0.2) is 65.9 Å². The molecule has 0 unspecified atom stereocenters. The van der Waals surface area contributed by atoms with E-state index in [4.69, 9.17) is 32.7 Å². The summed E-state index contributed by atoms with van der Waals surface area (Å²) >= 11 is 11.6. The van der Waals surface area contributed by atoms with E-state index in [0.717, 1.165) is 23.3 Å². The quantitative estimate of drug-likeness (QED) is 0.164. The van der Waals surface area contributed by atoms with Gasteiger partial charge in [0.1, 0.15) is 5.69 Å². The van der Waals surface area contributed by atoms with E-state index in [1.165, 1.54) is 16.5 Å². The lowest BCUT2D eigenvalue weighted by atomic mass is 9.77. The van der Waals surface area contributed by atoms with E-state index in [1.807, 2.05) is 26.0 Å². The molecule has 0 fully saturated rings. The fourth-order valence-electron chi connectivity index (χ4n) is 5.56. The van der Waals surface area contributed by atoms with Crippen molar-refractivity contribution in [1.82, 2.24) is 9.72 Å². The molecule has 0 spiro atoms. The molecule has 4 heterocycles. The van der Waals surface area contributed by atoms with Crippen LogP contribution in [0.3, 0.4) is 0 Å². The lowest BCUT2D eigenvalue weighted by Gasteiger charge is -2.29. The second-order valence-corrected chi connectivity index (χ2v) is 11.7. The van der Waals surface area contributed by atoms with Gasteiger partial charge in [0.25, 0.3) is 11.5 Å². The summed E-state index contributed by atoms with van der Waals surface area (Å²) in [5.41, 5.74) is -0.919. The molecule has 0 aliphatic carbocycles. The van der Waals surface area contributed by atoms with E-state index < -0.39 is 58.3 Å². The Balaban J connectivity index is 1.26. The zero-order chi connectivity index (χ0) is 30.9. The zero-order valence-corrected chi connectivity index (χ0v) is 24.1. The number of carbonyl (C=O) groups excluding carboxylic acids is 1. The van der Waals surface area contributed by atoms with Crippen molar-refractivity contribution in [1.29, 1.82) is 0 Å². The summed E-state index contributed by atoms with van der Waals surface area (Å²) < 4.78 is 64.5. The second-order valence-electron chi connectivity index (χ2n) is 10.9. The predicted octanol–water partition coefficient (Wildman–Crippen LogP) is 5.85. The number of carbonyl (C=O) groups is 1. The summed E-state index contributed by atoms with van der Waals surface area (Å²) in [4.78, 5) is 18.3. The molecule has 4 aromatic rings. The summed E-state index contributed by atoms with van der Waals surface area (Å²) in [5, 5.41) is 15.7. The van der Waals surface area contributed by atoms with Crippen LogP contribution >= 0.6 is 23.2 Å². The maximum Gasteiger partial charge on any atom is 0.492 e. The van der Waals surface area contributed by atoms with Crippen LogP contribution in [0.4, 0.5) is 17.6 Å². The summed E-state index contributed by atoms with van der Waals surface area (Å²) in [6, 6.07) is 13.4. The molecule has 2 aliphatic heterocycles. The van der Waals surface area contributed by atoms with Crippen molar-refractivity contribution in [2.45, 2.75) is 44.2 Å². The van der Waals surface area contributed by atoms with Gasteiger partial charge in [0.2, 0.25) is 0 Å². The van der Waals surface area contributed by atoms with Crippen LogP contribution in [-0.2, 0) is 27.2 Å². The summed E-state index contributed by atoms with van der Waals surface area (Å²) in [5.74, 6) is -1.48. The third kappa shape index (κ3) is 4.86. The van der Waals surface area contributed by atoms with Gasteiger partial charge in [-0.05, 0) is 66.8 Å². The highest BCUT2D eigenvalue weighted by Gasteiger charge is 2.62. The van der Waals surface area contributed by atoms with Gasteiger partial charge in [-0.25, -0.2) is 4.39 Å². The highest BCUT2D eigenvalue weighted by molar-refractivity contribution is 6.62. The average Bonchev–Trinajstić information content (AvgIpc) is 3.66. The molecule has 43 heavy (non-hydrogen) atoms. The van der Waals surface area contributed by atoms with Gasteiger partial charge in [0.05, 0.1) is 33.3 Å². The Bertz CT molecular complexity index is 1800. The molecule has 222 valence electrons. The van der Waals surface area contributed by atoms with Gasteiger partial charge in [0.15, 0.2) is 5.82 Å². The van der Waals surface area contributed by atoms with Crippen molar-refractivity contribution in [3.63, 3.8) is 0 Å². The average molecular weight is 634 g/mol. The van der Waals surface area contributed by atoms with Crippen molar-refractivity contribution in [2.75, 3.05) is 0 Å². The first-order valence-corrected chi connectivity index (χ1v) is 13.8. The molecule has 6 rings (SSSR count). The lowest BCUT2D eigenvalue weighted by molar-refractivity contribution is -0.275. The fourth-order valence-corrected chi connectivity index (χ4v) is 6.05. The van der Waals surface area contributed by atoms with Crippen LogP contribution in [0.25, 0.3) is 5.52 Å². The van der Waals surface area contributed by atoms with E-state index in [0.29, 0.717) is 16.5 Å². The van der Waals surface area contributed by atoms with Crippen LogP contribution in [0, 0.1) is 5.82 Å². The number of pyridine rings is 1. The highest BCUT2D eigenvalue weighted by atomic mass is 35.5. The van der Waals surface area contributed by atoms with Gasteiger partial charge in [-0.2, -0.15) is 13.2 Å². The SMILES string of the molecule is CC1(C)OB(O)c2cc(CNC(=O)c3ccc(C4=NO[C@@](c5cc(Cl)c(F)c(Cl)c5)(C(F)(F)F)C4)c4cccn34)ccc21. The molecule has 7 nitrogen and oxygen atoms in total. The molecule has 0 radical (unpaired) electrons. The van der Waals surface area contributed by atoms with E-state index in [2.05, 4.69) is 10.5 Å². The van der Waals surface area contributed by atoms with Crippen molar-refractivity contribution in [2.24, 2.45) is 5.16 Å². The largest absolute Gasteiger partial charge is 0.492 e. The predicted molar refractivity (Wildman–Crippen MR) is 153 cm³/mol. The number of nitrogens with zero attached hydrogens (tertiary/aromatic N) is 2. The lowest BCUT2D eigenvalue weighted by Crippen LogP contribution is -2.42. The number of nitrogens with one attached hydrogen (secondary N) is 1. The Morgan fingerprint density at radius 1 is 1.14 bits per heavy atom. The third-order valence-electron chi connectivity index (χ3n) is 7.76. The Morgan fingerprint density at radius 3 is 2.56 bits per heavy atom. The van der Waals surface area contributed by atoms with Crippen molar-refractivity contribution in [3.8, 4) is 0 Å². The first-order chi connectivity index (χ1) is 20.2. The molecule has 2 aromatic heterocycles. The number of amides is 1. The monoisotopic (exact) mass is 633 g/mol. The number of fused-ring (bicyclic) bond motifs is 2. The molecule has 2 aromatic carbocycles. The van der Waals surface area contributed by atoms with Gasteiger partial charge in [-0.3, -0.25) is 4.79 Å². The minimum absolute atomic E-state index is 0.0357. The minimum Gasteiger partial charge on any atom is -0.423 e. The van der Waals surface area contributed by atoms with E-state index >= 15 is 0 Å². The standard InChI is InChI=1S/C29H22BCl2F4N3O4/c1-27(2)18-7-5-15(10-19(18)30(41)42-27)14-37-26(40)24-8-6-17(23-4-3-9-39(23)24)22-13-28(43-38-22,29(34,35)36)16-11-20(31)25(33)21(32)12-16/h3-12,41H,13-14H2,1-2H3,(H,37,40)/t28-/m0/s1. The molecule has 0 bridgehead atoms. The van der Waals surface area contributed by atoms with E-state index in [-0.39, 0.29) is 18.0 Å². The van der Waals surface area contributed by atoms with Crippen LogP contribution in [0.2, 0.25) is 10.0 Å². The number of rotatable bonds is 5. The van der Waals surface area contributed by atoms with Gasteiger partial charge < -0.3 is 24.2 Å². The summed E-state index contributed by atoms with van der Waals surface area (Å²) in [7, 11) is -1.07. The van der Waals surface area contributed by atoms with Gasteiger partial charge >= 0.3 is 13.3 Å². The first-order valence-electron chi connectivity index (χ1n) is 13.1. The number of halogens is 6. The fraction of sp³-hybridized carbons (Fsp3) is 0.241. The molecule has 2 aliphatic rings. The Morgan fingerprint density at radius 2 is 1.86 bits per heavy atom. The van der Waals surface area contributed by atoms with Gasteiger partial charge in [0, 0.05) is 23.9 Å². The summed E-state index contributed by atoms with van der Waals surface area (Å²) in [6.07, 6.45) is -4.10. The Labute approximate surface area is 253 Å². The number of aromatic nitrogens is 1. The minimum atomic E-state index is -4.96. The maximum atomic E-state index is 14.5. The number of hydrogen-bond donors (Lipinski definition) is 2. The maximum absolute atomic E-state index is 14.5. The number of benzene rings is 2. The molecule has 1 amide bonds. The normalized spacial score (nSPS) is 19.4. The van der Waals surface area contributed by atoms with Crippen LogP contribution in [-0.4, -0.2) is 34.3 Å². The van der Waals surface area contributed by atoms with Crippen molar-refractivity contribution < 1.29 is 36.9 Å². The van der Waals surface area contributed by atoms with Crippen molar-refractivity contribution in [3.05, 3.63) is 105 Å². The van der Waals surface area contributed by atoms with Gasteiger partial charge in [-0.15, -0.1) is 0 Å². The topological polar surface area (TPSA) is 84.6 Å². The molecule has 0 saturated carbocycles. The smallest absolute Gasteiger partial charge is 0.423 e. The number of oxime groups is 1. The number of hydrogen-bond acceptors (Lipinski definition) is 5.